The normalized spacial score (nSPS) is 24.9. The molecule has 1 nitrogen and oxygen atoms in total. The Labute approximate surface area is 65.0 Å². The number of fused-ring (bicyclic) bond motifs is 3. The zero-order valence-corrected chi connectivity index (χ0v) is 6.04. The molecule has 1 aromatic rings. The van der Waals surface area contributed by atoms with Crippen LogP contribution in [-0.4, -0.2) is 5.11 Å². The number of benzene rings is 1. The third-order valence-electron chi connectivity index (χ3n) is 2.58. The van der Waals surface area contributed by atoms with E-state index in [2.05, 4.69) is 6.07 Å². The Morgan fingerprint density at radius 2 is 2.09 bits per heavy atom. The molecular weight excluding hydrogens is 136 g/mol. The second kappa shape index (κ2) is 1.50. The first-order valence-electron chi connectivity index (χ1n) is 3.89. The molecule has 0 heterocycles. The molecule has 1 saturated carbocycles. The zero-order chi connectivity index (χ0) is 7.42. The van der Waals surface area contributed by atoms with Gasteiger partial charge in [0.15, 0.2) is 0 Å². The van der Waals surface area contributed by atoms with E-state index in [0.717, 1.165) is 12.0 Å². The molecular formula is C10H8O. The lowest BCUT2D eigenvalue weighted by Gasteiger charge is -2.00. The minimum atomic E-state index is 0.547. The fraction of sp³-hybridized carbons (Fsp3) is 0.200. The van der Waals surface area contributed by atoms with Crippen molar-refractivity contribution in [2.24, 2.45) is 0 Å². The van der Waals surface area contributed by atoms with Crippen molar-refractivity contribution in [1.82, 2.24) is 0 Å². The Hall–Kier alpha value is -1.24. The van der Waals surface area contributed by atoms with E-state index in [9.17, 15) is 5.11 Å². The van der Waals surface area contributed by atoms with Gasteiger partial charge in [-0.3, -0.25) is 0 Å². The van der Waals surface area contributed by atoms with Crippen LogP contribution in [0.5, 0.6) is 0 Å². The average Bonchev–Trinajstić information content (AvgIpc) is 2.78. The third kappa shape index (κ3) is 0.519. The van der Waals surface area contributed by atoms with Gasteiger partial charge in [-0.05, 0) is 17.6 Å². The van der Waals surface area contributed by atoms with Gasteiger partial charge in [0.05, 0.1) is 0 Å². The molecule has 0 aliphatic heterocycles. The second-order valence-corrected chi connectivity index (χ2v) is 3.22. The number of allylic oxidation sites excluding steroid dienone is 1. The highest BCUT2D eigenvalue weighted by Gasteiger charge is 2.42. The molecule has 1 aromatic carbocycles. The molecule has 0 bridgehead atoms. The first-order valence-corrected chi connectivity index (χ1v) is 3.89. The molecule has 1 heteroatoms. The van der Waals surface area contributed by atoms with Gasteiger partial charge in [-0.1, -0.05) is 24.3 Å². The lowest BCUT2D eigenvalue weighted by molar-refractivity contribution is 0.511. The summed E-state index contributed by atoms with van der Waals surface area (Å²) in [6.07, 6.45) is 1.09. The van der Waals surface area contributed by atoms with E-state index >= 15 is 0 Å². The maximum absolute atomic E-state index is 9.57. The van der Waals surface area contributed by atoms with Gasteiger partial charge < -0.3 is 5.11 Å². The molecule has 1 atom stereocenters. The number of aliphatic hydroxyl groups excluding tert-OH is 1. The predicted octanol–water partition coefficient (Wildman–Crippen LogP) is 2.46. The van der Waals surface area contributed by atoms with Gasteiger partial charge in [-0.25, -0.2) is 0 Å². The van der Waals surface area contributed by atoms with E-state index in [0.29, 0.717) is 11.7 Å². The van der Waals surface area contributed by atoms with E-state index < -0.39 is 0 Å². The number of rotatable bonds is 0. The molecule has 0 radical (unpaired) electrons. The summed E-state index contributed by atoms with van der Waals surface area (Å²) in [6.45, 7) is 0. The van der Waals surface area contributed by atoms with Crippen LogP contribution < -0.4 is 0 Å². The summed E-state index contributed by atoms with van der Waals surface area (Å²) in [7, 11) is 0. The maximum atomic E-state index is 9.57. The summed E-state index contributed by atoms with van der Waals surface area (Å²) in [5.74, 6) is 1.12. The summed E-state index contributed by atoms with van der Waals surface area (Å²) in [5, 5.41) is 9.57. The van der Waals surface area contributed by atoms with Gasteiger partial charge in [0.25, 0.3) is 0 Å². The van der Waals surface area contributed by atoms with Gasteiger partial charge in [0.2, 0.25) is 0 Å². The van der Waals surface area contributed by atoms with E-state index in [1.165, 1.54) is 11.1 Å². The van der Waals surface area contributed by atoms with Crippen molar-refractivity contribution in [2.45, 2.75) is 12.3 Å². The largest absolute Gasteiger partial charge is 0.507 e. The molecule has 2 aliphatic rings. The van der Waals surface area contributed by atoms with Gasteiger partial charge in [0.1, 0.15) is 5.76 Å². The van der Waals surface area contributed by atoms with Crippen LogP contribution in [0.15, 0.2) is 29.8 Å². The molecule has 3 rings (SSSR count). The van der Waals surface area contributed by atoms with Crippen LogP contribution >= 0.6 is 0 Å². The number of hydrogen-bond donors (Lipinski definition) is 1. The second-order valence-electron chi connectivity index (χ2n) is 3.22. The fourth-order valence-corrected chi connectivity index (χ4v) is 1.91. The van der Waals surface area contributed by atoms with Crippen LogP contribution in [-0.2, 0) is 0 Å². The molecule has 1 unspecified atom stereocenters. The van der Waals surface area contributed by atoms with Crippen LogP contribution in [0.3, 0.4) is 0 Å². The third-order valence-corrected chi connectivity index (χ3v) is 2.58. The lowest BCUT2D eigenvalue weighted by atomic mass is 10.1. The monoisotopic (exact) mass is 144 g/mol. The van der Waals surface area contributed by atoms with Crippen molar-refractivity contribution in [3.63, 3.8) is 0 Å². The Balaban J connectivity index is 2.33. The minimum absolute atomic E-state index is 0.547. The van der Waals surface area contributed by atoms with Crippen LogP contribution in [0.4, 0.5) is 0 Å². The van der Waals surface area contributed by atoms with Gasteiger partial charge in [-0.2, -0.15) is 0 Å². The topological polar surface area (TPSA) is 20.2 Å². The number of aliphatic hydroxyl groups is 1. The minimum Gasteiger partial charge on any atom is -0.507 e. The summed E-state index contributed by atoms with van der Waals surface area (Å²) in [6, 6.07) is 8.10. The molecule has 2 aliphatic carbocycles. The van der Waals surface area contributed by atoms with E-state index in [4.69, 9.17) is 0 Å². The first kappa shape index (κ1) is 5.42. The van der Waals surface area contributed by atoms with Crippen molar-refractivity contribution in [3.05, 3.63) is 41.0 Å². The molecule has 0 saturated heterocycles. The van der Waals surface area contributed by atoms with Gasteiger partial charge in [0, 0.05) is 11.5 Å². The molecule has 54 valence electrons. The summed E-state index contributed by atoms with van der Waals surface area (Å²) in [5.41, 5.74) is 3.62. The Kier molecular flexibility index (Phi) is 0.738. The standard InChI is InChI=1S/C10H8O/c11-10-7-4-2-1-3-6(7)8-5-9(8)10/h1-4,8,11H,5H2. The average molecular weight is 144 g/mol. The molecule has 1 N–H and O–H groups in total. The van der Waals surface area contributed by atoms with Crippen LogP contribution in [0.2, 0.25) is 0 Å². The van der Waals surface area contributed by atoms with E-state index in [1.54, 1.807) is 0 Å². The predicted molar refractivity (Wildman–Crippen MR) is 43.3 cm³/mol. The Bertz CT molecular complexity index is 363. The zero-order valence-electron chi connectivity index (χ0n) is 6.04. The quantitative estimate of drug-likeness (QED) is 0.593. The highest BCUT2D eigenvalue weighted by Crippen LogP contribution is 2.57. The van der Waals surface area contributed by atoms with Crippen molar-refractivity contribution in [2.75, 3.05) is 0 Å². The maximum Gasteiger partial charge on any atom is 0.122 e. The highest BCUT2D eigenvalue weighted by molar-refractivity contribution is 5.78. The summed E-state index contributed by atoms with van der Waals surface area (Å²) < 4.78 is 0. The van der Waals surface area contributed by atoms with Crippen LogP contribution in [0.1, 0.15) is 23.5 Å². The highest BCUT2D eigenvalue weighted by atomic mass is 16.3. The SMILES string of the molecule is OC1=C2CC2c2ccccc21. The van der Waals surface area contributed by atoms with E-state index in [1.807, 2.05) is 18.2 Å². The molecule has 0 spiro atoms. The smallest absolute Gasteiger partial charge is 0.122 e. The number of hydrogen-bond acceptors (Lipinski definition) is 1. The summed E-state index contributed by atoms with van der Waals surface area (Å²) in [4.78, 5) is 0. The van der Waals surface area contributed by atoms with Crippen molar-refractivity contribution in [1.29, 1.82) is 0 Å². The summed E-state index contributed by atoms with van der Waals surface area (Å²) >= 11 is 0. The Morgan fingerprint density at radius 1 is 1.27 bits per heavy atom. The lowest BCUT2D eigenvalue weighted by Crippen LogP contribution is -1.84. The van der Waals surface area contributed by atoms with Crippen molar-refractivity contribution < 1.29 is 5.11 Å². The van der Waals surface area contributed by atoms with Crippen molar-refractivity contribution >= 4 is 5.76 Å². The van der Waals surface area contributed by atoms with E-state index in [-0.39, 0.29) is 0 Å². The van der Waals surface area contributed by atoms with Crippen LogP contribution in [0.25, 0.3) is 5.76 Å². The molecule has 0 aromatic heterocycles. The fourth-order valence-electron chi connectivity index (χ4n) is 1.91. The van der Waals surface area contributed by atoms with Crippen molar-refractivity contribution in [3.8, 4) is 0 Å². The van der Waals surface area contributed by atoms with Gasteiger partial charge >= 0.3 is 0 Å². The molecule has 11 heavy (non-hydrogen) atoms. The van der Waals surface area contributed by atoms with Gasteiger partial charge in [-0.15, -0.1) is 0 Å². The van der Waals surface area contributed by atoms with Crippen LogP contribution in [0, 0.1) is 0 Å². The molecule has 1 fully saturated rings. The Morgan fingerprint density at radius 3 is 2.91 bits per heavy atom. The first-order chi connectivity index (χ1) is 5.38. The molecule has 0 amide bonds.